The Balaban J connectivity index is 1.06. The molecule has 0 radical (unpaired) electrons. The molecule has 4 heterocycles. The largest absolute Gasteiger partial charge is 0.497 e. The lowest BCUT2D eigenvalue weighted by Crippen LogP contribution is -2.57. The lowest BCUT2D eigenvalue weighted by molar-refractivity contribution is 0.341. The molecule has 2 bridgehead atoms. The highest BCUT2D eigenvalue weighted by Gasteiger charge is 2.56. The Morgan fingerprint density at radius 3 is 1.88 bits per heavy atom. The number of nitriles is 1. The monoisotopic (exact) mass is 962 g/mol. The normalized spacial score (nSPS) is 16.8. The quantitative estimate of drug-likeness (QED) is 0.149. The van der Waals surface area contributed by atoms with Crippen LogP contribution in [-0.2, 0) is 5.41 Å². The number of methoxy groups -OCH3 is 2. The number of aromatic nitrogens is 2. The van der Waals surface area contributed by atoms with Crippen LogP contribution in [0.3, 0.4) is 0 Å². The highest BCUT2D eigenvalue weighted by Crippen LogP contribution is 2.60. The molecule has 1 aliphatic carbocycles. The average Bonchev–Trinajstić information content (AvgIpc) is 3.79. The van der Waals surface area contributed by atoms with Crippen molar-refractivity contribution in [3.05, 3.63) is 199 Å². The molecule has 8 heteroatoms. The van der Waals surface area contributed by atoms with Gasteiger partial charge in [0, 0.05) is 77.0 Å². The summed E-state index contributed by atoms with van der Waals surface area (Å²) in [5, 5.41) is 15.4. The number of thioether (sulfide) groups is 1. The van der Waals surface area contributed by atoms with Gasteiger partial charge in [-0.05, 0) is 136 Å². The van der Waals surface area contributed by atoms with Crippen LogP contribution >= 0.6 is 11.8 Å². The van der Waals surface area contributed by atoms with E-state index in [2.05, 4.69) is 222 Å². The van der Waals surface area contributed by atoms with Crippen molar-refractivity contribution in [1.29, 1.82) is 5.26 Å². The maximum absolute atomic E-state index is 10.2. The molecule has 1 saturated carbocycles. The number of rotatable bonds is 7. The van der Waals surface area contributed by atoms with E-state index in [1.54, 1.807) is 14.2 Å². The van der Waals surface area contributed by atoms with Crippen molar-refractivity contribution < 1.29 is 9.47 Å². The maximum atomic E-state index is 10.2. The summed E-state index contributed by atoms with van der Waals surface area (Å²) in [5.41, 5.74) is 18.4. The van der Waals surface area contributed by atoms with Gasteiger partial charge < -0.3 is 23.5 Å². The van der Waals surface area contributed by atoms with Gasteiger partial charge in [0.15, 0.2) is 0 Å². The Labute approximate surface area is 430 Å². The first-order valence-electron chi connectivity index (χ1n) is 25.3. The highest BCUT2D eigenvalue weighted by atomic mass is 32.2. The van der Waals surface area contributed by atoms with E-state index >= 15 is 0 Å². The van der Waals surface area contributed by atoms with Gasteiger partial charge >= 0.3 is 0 Å². The summed E-state index contributed by atoms with van der Waals surface area (Å²) in [6.07, 6.45) is 1.08. The van der Waals surface area contributed by atoms with Crippen LogP contribution in [0.25, 0.3) is 71.6 Å². The SMILES string of the molecule is COc1cccc(-c2cccc(-c3cccc(OC)c3)c2N2c3cc(-n4c5ccccc5c5ccccc54)ccc3B3c4c(cccc42)SC2CC3[C@@H]2n2c3ccc(C#N)cc3c3cc(C(C)(C)C)ccc32)c1. The molecule has 14 rings (SSSR count). The lowest BCUT2D eigenvalue weighted by Gasteiger charge is -2.48. The minimum Gasteiger partial charge on any atom is -0.497 e. The molecular formula is C65H51BN4O2S. The number of fused-ring (bicyclic) bond motifs is 11. The molecule has 6 nitrogen and oxygen atoms in total. The van der Waals surface area contributed by atoms with E-state index in [1.807, 2.05) is 18.2 Å². The van der Waals surface area contributed by atoms with Crippen LogP contribution in [0.5, 0.6) is 11.5 Å². The summed E-state index contributed by atoms with van der Waals surface area (Å²) < 4.78 is 16.9. The second-order valence-electron chi connectivity index (χ2n) is 21.0. The number of ether oxygens (including phenoxy) is 2. The van der Waals surface area contributed by atoms with E-state index in [4.69, 9.17) is 9.47 Å². The first-order valence-corrected chi connectivity index (χ1v) is 26.2. The third kappa shape index (κ3) is 6.58. The van der Waals surface area contributed by atoms with E-state index in [9.17, 15) is 5.26 Å². The van der Waals surface area contributed by atoms with E-state index in [-0.39, 0.29) is 24.0 Å². The minimum absolute atomic E-state index is 0.0266. The van der Waals surface area contributed by atoms with Crippen LogP contribution in [0.4, 0.5) is 17.1 Å². The van der Waals surface area contributed by atoms with Gasteiger partial charge in [0.1, 0.15) is 11.5 Å². The fraction of sp³-hybridized carbons (Fsp3) is 0.154. The van der Waals surface area contributed by atoms with Gasteiger partial charge in [0.2, 0.25) is 6.71 Å². The molecule has 11 aromatic rings. The van der Waals surface area contributed by atoms with Gasteiger partial charge in [-0.25, -0.2) is 0 Å². The molecule has 0 spiro atoms. The van der Waals surface area contributed by atoms with Crippen molar-refractivity contribution in [2.24, 2.45) is 0 Å². The Morgan fingerprint density at radius 2 is 1.22 bits per heavy atom. The molecule has 2 unspecified atom stereocenters. The third-order valence-electron chi connectivity index (χ3n) is 16.2. The first-order chi connectivity index (χ1) is 35.7. The Hall–Kier alpha value is -8.12. The summed E-state index contributed by atoms with van der Waals surface area (Å²) in [5.74, 6) is 1.90. The summed E-state index contributed by atoms with van der Waals surface area (Å²) in [6.45, 7) is 6.94. The molecule has 2 aliphatic heterocycles. The second-order valence-corrected chi connectivity index (χ2v) is 22.3. The molecule has 0 amide bonds. The molecule has 9 aromatic carbocycles. The standard InChI is InChI=1S/C65H51BN4O2S/c1-65(2,3)42-27-31-57-51(35-42)50-32-39(38-67)26-30-56(50)69(57)64-53-37-61(64)73-60-25-13-24-58-62(60)66(53)52-29-28-43(68-54-22-8-6-18-48(54)49-19-7-9-23-55(49)68)36-59(52)70(58)63-46(40-14-10-16-44(33-40)71-4)20-12-21-47(63)41-15-11-17-45(34-41)72-5/h6-36,53,61,64H,37H2,1-5H3/t53?,61?,64-/m0/s1. The lowest BCUT2D eigenvalue weighted by atomic mass is 9.27. The summed E-state index contributed by atoms with van der Waals surface area (Å²) in [6, 6.07) is 71.7. The van der Waals surface area contributed by atoms with E-state index in [0.717, 1.165) is 56.9 Å². The van der Waals surface area contributed by atoms with Gasteiger partial charge in [0.05, 0.1) is 42.6 Å². The topological polar surface area (TPSA) is 55.4 Å². The van der Waals surface area contributed by atoms with Crippen molar-refractivity contribution in [2.75, 3.05) is 19.1 Å². The molecule has 73 heavy (non-hydrogen) atoms. The summed E-state index contributed by atoms with van der Waals surface area (Å²) >= 11 is 2.05. The zero-order chi connectivity index (χ0) is 49.3. The van der Waals surface area contributed by atoms with Crippen LogP contribution < -0.4 is 25.3 Å². The molecule has 2 aromatic heterocycles. The fourth-order valence-electron chi connectivity index (χ4n) is 12.8. The van der Waals surface area contributed by atoms with Crippen LogP contribution in [0.1, 0.15) is 44.4 Å². The first kappa shape index (κ1) is 43.7. The van der Waals surface area contributed by atoms with Gasteiger partial charge in [-0.3, -0.25) is 0 Å². The molecule has 0 N–H and O–H groups in total. The van der Waals surface area contributed by atoms with E-state index < -0.39 is 0 Å². The van der Waals surface area contributed by atoms with Gasteiger partial charge in [0.25, 0.3) is 0 Å². The molecule has 1 fully saturated rings. The zero-order valence-corrected chi connectivity index (χ0v) is 42.2. The Kier molecular flexibility index (Phi) is 9.84. The number of nitrogens with zero attached hydrogens (tertiary/aromatic N) is 4. The zero-order valence-electron chi connectivity index (χ0n) is 41.4. The fourth-order valence-corrected chi connectivity index (χ4v) is 14.4. The molecule has 3 atom stereocenters. The van der Waals surface area contributed by atoms with Crippen LogP contribution in [0.15, 0.2) is 193 Å². The average molecular weight is 963 g/mol. The number of para-hydroxylation sites is 3. The van der Waals surface area contributed by atoms with Gasteiger partial charge in [-0.15, -0.1) is 11.8 Å². The van der Waals surface area contributed by atoms with Crippen LogP contribution in [0.2, 0.25) is 5.82 Å². The van der Waals surface area contributed by atoms with Crippen molar-refractivity contribution in [1.82, 2.24) is 9.13 Å². The van der Waals surface area contributed by atoms with Crippen LogP contribution in [-0.4, -0.2) is 35.3 Å². The molecule has 3 aliphatic rings. The number of anilines is 3. The molecule has 352 valence electrons. The van der Waals surface area contributed by atoms with Crippen molar-refractivity contribution in [3.8, 4) is 45.5 Å². The third-order valence-corrected chi connectivity index (χ3v) is 17.6. The van der Waals surface area contributed by atoms with E-state index in [1.165, 1.54) is 71.0 Å². The molecule has 0 saturated heterocycles. The number of hydrogen-bond donors (Lipinski definition) is 0. The highest BCUT2D eigenvalue weighted by molar-refractivity contribution is 8.00. The number of benzene rings is 9. The summed E-state index contributed by atoms with van der Waals surface area (Å²) in [7, 11) is 3.48. The Bertz CT molecular complexity index is 4020. The van der Waals surface area contributed by atoms with Crippen molar-refractivity contribution >= 4 is 90.1 Å². The van der Waals surface area contributed by atoms with Crippen molar-refractivity contribution in [3.63, 3.8) is 0 Å². The Morgan fingerprint density at radius 1 is 0.589 bits per heavy atom. The van der Waals surface area contributed by atoms with Gasteiger partial charge in [-0.2, -0.15) is 5.26 Å². The second kappa shape index (κ2) is 16.5. The molecular weight excluding hydrogens is 912 g/mol. The minimum atomic E-state index is -0.0266. The predicted molar refractivity (Wildman–Crippen MR) is 304 cm³/mol. The maximum Gasteiger partial charge on any atom is 0.221 e. The van der Waals surface area contributed by atoms with Crippen LogP contribution in [0, 0.1) is 11.3 Å². The van der Waals surface area contributed by atoms with E-state index in [0.29, 0.717) is 10.8 Å². The summed E-state index contributed by atoms with van der Waals surface area (Å²) in [4.78, 5) is 3.94. The van der Waals surface area contributed by atoms with Gasteiger partial charge in [-0.1, -0.05) is 118 Å². The van der Waals surface area contributed by atoms with Crippen molar-refractivity contribution in [2.45, 2.75) is 54.6 Å². The smallest absolute Gasteiger partial charge is 0.221 e. The number of hydrogen-bond acceptors (Lipinski definition) is 5. The predicted octanol–water partition coefficient (Wildman–Crippen LogP) is 15.3.